The van der Waals surface area contributed by atoms with Crippen molar-refractivity contribution in [3.8, 4) is 22.4 Å². The summed E-state index contributed by atoms with van der Waals surface area (Å²) in [5.74, 6) is 0.630. The Morgan fingerprint density at radius 2 is 1.88 bits per heavy atom. The van der Waals surface area contributed by atoms with Crippen molar-refractivity contribution in [3.63, 3.8) is 0 Å². The van der Waals surface area contributed by atoms with Crippen LogP contribution in [0.4, 0.5) is 10.2 Å². The first-order chi connectivity index (χ1) is 16.3. The quantitative estimate of drug-likeness (QED) is 0.489. The molecule has 1 aromatic carbocycles. The summed E-state index contributed by atoms with van der Waals surface area (Å²) in [5, 5.41) is 14.4. The lowest BCUT2D eigenvalue weighted by molar-refractivity contribution is 0.0733. The third-order valence-electron chi connectivity index (χ3n) is 7.06. The number of rotatable bonds is 7. The monoisotopic (exact) mass is 448 g/mol. The maximum Gasteiger partial charge on any atom is 0.126 e. The van der Waals surface area contributed by atoms with E-state index in [1.165, 1.54) is 50.8 Å². The van der Waals surface area contributed by atoms with Crippen molar-refractivity contribution in [1.82, 2.24) is 25.4 Å². The first-order valence-electron chi connectivity index (χ1n) is 12.2. The second-order valence-electron chi connectivity index (χ2n) is 9.17. The topological polar surface area (TPSA) is 68.9 Å². The molecule has 4 heterocycles. The Kier molecular flexibility index (Phi) is 6.98. The number of H-pyrrole nitrogens is 1. The van der Waals surface area contributed by atoms with Crippen LogP contribution in [0.25, 0.3) is 22.4 Å². The Balaban J connectivity index is 1.23. The molecule has 3 N–H and O–H groups in total. The van der Waals surface area contributed by atoms with Crippen LogP contribution in [0.5, 0.6) is 0 Å². The van der Waals surface area contributed by atoms with Gasteiger partial charge in [-0.3, -0.25) is 10.00 Å². The molecule has 2 aromatic heterocycles. The van der Waals surface area contributed by atoms with E-state index in [0.29, 0.717) is 6.04 Å². The zero-order valence-corrected chi connectivity index (χ0v) is 19.1. The molecule has 5 rings (SSSR count). The lowest BCUT2D eigenvalue weighted by Gasteiger charge is -2.43. The van der Waals surface area contributed by atoms with Gasteiger partial charge in [0.25, 0.3) is 0 Å². The number of pyridine rings is 1. The van der Waals surface area contributed by atoms with Crippen LogP contribution in [0.3, 0.4) is 0 Å². The van der Waals surface area contributed by atoms with Crippen LogP contribution >= 0.6 is 0 Å². The SMILES string of the molecule is Fc1ccc(-c2n[nH]cc2-c2ccnc(NCCC3CCCCN3C3CCNCC3)c2)cc1. The minimum atomic E-state index is -0.247. The van der Waals surface area contributed by atoms with E-state index in [4.69, 9.17) is 0 Å². The van der Waals surface area contributed by atoms with Gasteiger partial charge in [-0.25, -0.2) is 9.37 Å². The van der Waals surface area contributed by atoms with Crippen molar-refractivity contribution in [2.75, 3.05) is 31.5 Å². The van der Waals surface area contributed by atoms with Crippen LogP contribution in [0.15, 0.2) is 48.8 Å². The average molecular weight is 449 g/mol. The highest BCUT2D eigenvalue weighted by molar-refractivity contribution is 5.81. The van der Waals surface area contributed by atoms with Crippen LogP contribution in [-0.2, 0) is 0 Å². The normalized spacial score (nSPS) is 20.1. The lowest BCUT2D eigenvalue weighted by Crippen LogP contribution is -2.50. The van der Waals surface area contributed by atoms with Gasteiger partial charge in [0.05, 0.1) is 5.69 Å². The van der Waals surface area contributed by atoms with E-state index < -0.39 is 0 Å². The fourth-order valence-corrected chi connectivity index (χ4v) is 5.35. The highest BCUT2D eigenvalue weighted by atomic mass is 19.1. The molecule has 2 aliphatic rings. The van der Waals surface area contributed by atoms with E-state index >= 15 is 0 Å². The summed E-state index contributed by atoms with van der Waals surface area (Å²) in [5.41, 5.74) is 3.72. The zero-order chi connectivity index (χ0) is 22.5. The molecule has 0 saturated carbocycles. The van der Waals surface area contributed by atoms with Gasteiger partial charge in [-0.15, -0.1) is 0 Å². The number of hydrogen-bond acceptors (Lipinski definition) is 5. The summed E-state index contributed by atoms with van der Waals surface area (Å²) in [4.78, 5) is 7.33. The molecular weight excluding hydrogens is 415 g/mol. The lowest BCUT2D eigenvalue weighted by atomic mass is 9.94. The summed E-state index contributed by atoms with van der Waals surface area (Å²) in [6.07, 6.45) is 11.4. The molecule has 33 heavy (non-hydrogen) atoms. The second kappa shape index (κ2) is 10.4. The van der Waals surface area contributed by atoms with Gasteiger partial charge >= 0.3 is 0 Å². The maximum absolute atomic E-state index is 13.3. The number of piperidine rings is 2. The number of nitrogens with one attached hydrogen (secondary N) is 3. The standard InChI is InChI=1S/C26H33FN6/c27-21-6-4-19(5-7-21)26-24(18-31-32-26)20-8-14-29-25(17-20)30-15-11-22-3-1-2-16-33(22)23-9-12-28-13-10-23/h4-8,14,17-18,22-23,28H,1-3,9-13,15-16H2,(H,29,30)(H,31,32). The molecule has 2 aliphatic heterocycles. The third kappa shape index (κ3) is 5.25. The van der Waals surface area contributed by atoms with Crippen LogP contribution < -0.4 is 10.6 Å². The molecule has 0 bridgehead atoms. The molecule has 2 saturated heterocycles. The third-order valence-corrected chi connectivity index (χ3v) is 7.06. The van der Waals surface area contributed by atoms with Crippen molar-refractivity contribution in [1.29, 1.82) is 0 Å². The molecule has 3 aromatic rings. The molecule has 0 amide bonds. The molecule has 1 atom stereocenters. The Morgan fingerprint density at radius 3 is 2.73 bits per heavy atom. The van der Waals surface area contributed by atoms with E-state index in [2.05, 4.69) is 36.8 Å². The fourth-order valence-electron chi connectivity index (χ4n) is 5.35. The van der Waals surface area contributed by atoms with E-state index in [-0.39, 0.29) is 5.82 Å². The predicted molar refractivity (Wildman–Crippen MR) is 131 cm³/mol. The number of nitrogens with zero attached hydrogens (tertiary/aromatic N) is 3. The molecule has 0 radical (unpaired) electrons. The number of aromatic amines is 1. The van der Waals surface area contributed by atoms with Gasteiger partial charge in [0.15, 0.2) is 0 Å². The Hall–Kier alpha value is -2.77. The van der Waals surface area contributed by atoms with Crippen molar-refractivity contribution in [3.05, 3.63) is 54.6 Å². The molecule has 1 unspecified atom stereocenters. The Morgan fingerprint density at radius 1 is 1.03 bits per heavy atom. The number of halogens is 1. The van der Waals surface area contributed by atoms with Crippen molar-refractivity contribution in [2.45, 2.75) is 50.6 Å². The highest BCUT2D eigenvalue weighted by Crippen LogP contribution is 2.31. The van der Waals surface area contributed by atoms with Gasteiger partial charge in [0, 0.05) is 42.1 Å². The number of benzene rings is 1. The summed E-state index contributed by atoms with van der Waals surface area (Å²) in [7, 11) is 0. The van der Waals surface area contributed by atoms with E-state index in [9.17, 15) is 4.39 Å². The van der Waals surface area contributed by atoms with Gasteiger partial charge in [-0.2, -0.15) is 5.10 Å². The number of aromatic nitrogens is 3. The van der Waals surface area contributed by atoms with Crippen LogP contribution in [0, 0.1) is 5.82 Å². The van der Waals surface area contributed by atoms with E-state index in [1.54, 1.807) is 12.1 Å². The van der Waals surface area contributed by atoms with E-state index in [0.717, 1.165) is 60.3 Å². The van der Waals surface area contributed by atoms with Crippen LogP contribution in [0.1, 0.15) is 38.5 Å². The van der Waals surface area contributed by atoms with Gasteiger partial charge in [0.2, 0.25) is 0 Å². The van der Waals surface area contributed by atoms with Gasteiger partial charge in [0.1, 0.15) is 11.6 Å². The summed E-state index contributed by atoms with van der Waals surface area (Å²) in [6, 6.07) is 11.9. The first-order valence-corrected chi connectivity index (χ1v) is 12.2. The van der Waals surface area contributed by atoms with E-state index in [1.807, 2.05) is 18.5 Å². The fraction of sp³-hybridized carbons (Fsp3) is 0.462. The summed E-state index contributed by atoms with van der Waals surface area (Å²) >= 11 is 0. The van der Waals surface area contributed by atoms with Gasteiger partial charge in [-0.1, -0.05) is 6.42 Å². The van der Waals surface area contributed by atoms with Crippen LogP contribution in [0.2, 0.25) is 0 Å². The molecule has 6 nitrogen and oxygen atoms in total. The molecule has 0 spiro atoms. The largest absolute Gasteiger partial charge is 0.370 e. The van der Waals surface area contributed by atoms with Crippen LogP contribution in [-0.4, -0.2) is 58.3 Å². The minimum absolute atomic E-state index is 0.247. The summed E-state index contributed by atoms with van der Waals surface area (Å²) < 4.78 is 13.3. The minimum Gasteiger partial charge on any atom is -0.370 e. The average Bonchev–Trinajstić information content (AvgIpc) is 3.36. The first kappa shape index (κ1) is 22.0. The predicted octanol–water partition coefficient (Wildman–Crippen LogP) is 4.69. The highest BCUT2D eigenvalue weighted by Gasteiger charge is 2.29. The van der Waals surface area contributed by atoms with Crippen molar-refractivity contribution >= 4 is 5.82 Å². The maximum atomic E-state index is 13.3. The molecular formula is C26H33FN6. The number of anilines is 1. The smallest absolute Gasteiger partial charge is 0.126 e. The summed E-state index contributed by atoms with van der Waals surface area (Å²) in [6.45, 7) is 4.46. The number of hydrogen-bond donors (Lipinski definition) is 3. The molecule has 0 aliphatic carbocycles. The van der Waals surface area contributed by atoms with Gasteiger partial charge in [-0.05, 0) is 93.7 Å². The van der Waals surface area contributed by atoms with Crippen molar-refractivity contribution in [2.24, 2.45) is 0 Å². The molecule has 2 fully saturated rings. The molecule has 7 heteroatoms. The number of likely N-dealkylation sites (tertiary alicyclic amines) is 1. The van der Waals surface area contributed by atoms with Gasteiger partial charge < -0.3 is 10.6 Å². The van der Waals surface area contributed by atoms with Crippen molar-refractivity contribution < 1.29 is 4.39 Å². The Labute approximate surface area is 195 Å². The molecule has 174 valence electrons. The second-order valence-corrected chi connectivity index (χ2v) is 9.17. The Bertz CT molecular complexity index is 1030. The zero-order valence-electron chi connectivity index (χ0n) is 19.1.